The molecule has 3 aliphatic rings. The Morgan fingerprint density at radius 3 is 2.11 bits per heavy atom. The number of rotatable bonds is 4. The minimum atomic E-state index is -0.0938. The minimum absolute atomic E-state index is 0.0516. The molecule has 2 nitrogen and oxygen atoms in total. The molecule has 0 spiro atoms. The fourth-order valence-corrected chi connectivity index (χ4v) is 6.39. The Morgan fingerprint density at radius 1 is 0.889 bits per heavy atom. The van der Waals surface area contributed by atoms with Crippen molar-refractivity contribution in [3.8, 4) is 0 Å². The van der Waals surface area contributed by atoms with E-state index in [2.05, 4.69) is 24.3 Å². The van der Waals surface area contributed by atoms with Gasteiger partial charge in [0.1, 0.15) is 0 Å². The standard InChI is InChI=1S/C15H19O2P/c1-2-4-14(13(3-1)15-16-9-10-17-15)18(11-5-6-11)12-7-8-12/h1-4,11-12,15H,5-10H2. The van der Waals surface area contributed by atoms with E-state index in [9.17, 15) is 0 Å². The van der Waals surface area contributed by atoms with Crippen LogP contribution < -0.4 is 5.30 Å². The Bertz CT molecular complexity index is 422. The highest BCUT2D eigenvalue weighted by molar-refractivity contribution is 7.67. The lowest BCUT2D eigenvalue weighted by molar-refractivity contribution is -0.0433. The molecule has 96 valence electrons. The number of ether oxygens (including phenoxy) is 2. The fraction of sp³-hybridized carbons (Fsp3) is 0.600. The monoisotopic (exact) mass is 262 g/mol. The van der Waals surface area contributed by atoms with Gasteiger partial charge in [-0.15, -0.1) is 0 Å². The van der Waals surface area contributed by atoms with Gasteiger partial charge in [-0.05, 0) is 42.3 Å². The van der Waals surface area contributed by atoms with Gasteiger partial charge in [-0.2, -0.15) is 0 Å². The molecule has 1 saturated heterocycles. The fourth-order valence-electron chi connectivity index (χ4n) is 2.86. The Kier molecular flexibility index (Phi) is 2.91. The van der Waals surface area contributed by atoms with Crippen molar-refractivity contribution in [1.29, 1.82) is 0 Å². The van der Waals surface area contributed by atoms with Gasteiger partial charge in [0.15, 0.2) is 6.29 Å². The van der Waals surface area contributed by atoms with Gasteiger partial charge in [0, 0.05) is 5.56 Å². The van der Waals surface area contributed by atoms with Crippen LogP contribution in [0.15, 0.2) is 24.3 Å². The molecule has 0 amide bonds. The van der Waals surface area contributed by atoms with Crippen LogP contribution in [0.4, 0.5) is 0 Å². The molecule has 1 aromatic rings. The summed E-state index contributed by atoms with van der Waals surface area (Å²) in [6.07, 6.45) is 5.70. The molecule has 0 N–H and O–H groups in total. The summed E-state index contributed by atoms with van der Waals surface area (Å²) in [6, 6.07) is 8.86. The molecule has 0 bridgehead atoms. The zero-order valence-electron chi connectivity index (χ0n) is 10.5. The molecule has 18 heavy (non-hydrogen) atoms. The summed E-state index contributed by atoms with van der Waals surface area (Å²) < 4.78 is 11.4. The third-order valence-corrected chi connectivity index (χ3v) is 7.54. The predicted octanol–water partition coefficient (Wildman–Crippen LogP) is 3.16. The zero-order valence-corrected chi connectivity index (χ0v) is 11.4. The van der Waals surface area contributed by atoms with Crippen molar-refractivity contribution in [1.82, 2.24) is 0 Å². The second-order valence-electron chi connectivity index (χ2n) is 5.50. The van der Waals surface area contributed by atoms with Crippen LogP contribution in [0.1, 0.15) is 37.5 Å². The summed E-state index contributed by atoms with van der Waals surface area (Å²) in [7, 11) is 0.0516. The van der Waals surface area contributed by atoms with Crippen LogP contribution >= 0.6 is 7.92 Å². The van der Waals surface area contributed by atoms with Crippen molar-refractivity contribution < 1.29 is 9.47 Å². The summed E-state index contributed by atoms with van der Waals surface area (Å²) >= 11 is 0. The van der Waals surface area contributed by atoms with Crippen LogP contribution in [0, 0.1) is 0 Å². The van der Waals surface area contributed by atoms with Crippen LogP contribution in [0.2, 0.25) is 0 Å². The first-order chi connectivity index (χ1) is 8.93. The van der Waals surface area contributed by atoms with Gasteiger partial charge in [-0.25, -0.2) is 0 Å². The van der Waals surface area contributed by atoms with Gasteiger partial charge in [-0.3, -0.25) is 0 Å². The highest BCUT2D eigenvalue weighted by atomic mass is 31.1. The maximum absolute atomic E-state index is 5.72. The molecule has 2 saturated carbocycles. The summed E-state index contributed by atoms with van der Waals surface area (Å²) in [5.41, 5.74) is 3.31. The van der Waals surface area contributed by atoms with Gasteiger partial charge in [-0.1, -0.05) is 32.2 Å². The Morgan fingerprint density at radius 2 is 1.50 bits per heavy atom. The molecule has 0 atom stereocenters. The molecular formula is C15H19O2P. The molecule has 1 aromatic carbocycles. The van der Waals surface area contributed by atoms with E-state index in [0.717, 1.165) is 24.5 Å². The van der Waals surface area contributed by atoms with Crippen LogP contribution in [0.5, 0.6) is 0 Å². The van der Waals surface area contributed by atoms with Crippen LogP contribution in [-0.4, -0.2) is 24.5 Å². The summed E-state index contributed by atoms with van der Waals surface area (Å²) in [5, 5.41) is 1.57. The summed E-state index contributed by atoms with van der Waals surface area (Å²) in [6.45, 7) is 1.48. The third-order valence-electron chi connectivity index (χ3n) is 3.97. The lowest BCUT2D eigenvalue weighted by Gasteiger charge is -2.22. The number of hydrogen-bond acceptors (Lipinski definition) is 2. The van der Waals surface area contributed by atoms with Gasteiger partial charge in [0.05, 0.1) is 13.2 Å². The number of hydrogen-bond donors (Lipinski definition) is 0. The largest absolute Gasteiger partial charge is 0.346 e. The summed E-state index contributed by atoms with van der Waals surface area (Å²) in [4.78, 5) is 0. The van der Waals surface area contributed by atoms with E-state index in [1.54, 1.807) is 5.30 Å². The molecule has 4 rings (SSSR count). The Balaban J connectivity index is 1.69. The van der Waals surface area contributed by atoms with Crippen molar-refractivity contribution >= 4 is 13.2 Å². The number of benzene rings is 1. The van der Waals surface area contributed by atoms with Gasteiger partial charge in [0.25, 0.3) is 0 Å². The van der Waals surface area contributed by atoms with E-state index in [1.807, 2.05) is 0 Å². The first-order valence-electron chi connectivity index (χ1n) is 7.04. The van der Waals surface area contributed by atoms with Gasteiger partial charge in [0.2, 0.25) is 0 Å². The lowest BCUT2D eigenvalue weighted by Crippen LogP contribution is -2.16. The quantitative estimate of drug-likeness (QED) is 0.776. The van der Waals surface area contributed by atoms with E-state index in [-0.39, 0.29) is 14.2 Å². The van der Waals surface area contributed by atoms with Crippen molar-refractivity contribution in [2.75, 3.05) is 13.2 Å². The molecule has 0 aromatic heterocycles. The van der Waals surface area contributed by atoms with Crippen molar-refractivity contribution in [2.24, 2.45) is 0 Å². The van der Waals surface area contributed by atoms with E-state index in [4.69, 9.17) is 9.47 Å². The topological polar surface area (TPSA) is 18.5 Å². The minimum Gasteiger partial charge on any atom is -0.346 e. The first-order valence-corrected chi connectivity index (χ1v) is 8.52. The lowest BCUT2D eigenvalue weighted by atomic mass is 10.2. The average molecular weight is 262 g/mol. The molecule has 3 fully saturated rings. The van der Waals surface area contributed by atoms with E-state index < -0.39 is 0 Å². The Labute approximate surface area is 109 Å². The summed E-state index contributed by atoms with van der Waals surface area (Å²) in [5.74, 6) is 0. The molecule has 1 heterocycles. The van der Waals surface area contributed by atoms with Crippen LogP contribution in [-0.2, 0) is 9.47 Å². The average Bonchev–Trinajstić information content (AvgIpc) is 3.33. The molecule has 0 radical (unpaired) electrons. The van der Waals surface area contributed by atoms with Gasteiger partial charge >= 0.3 is 0 Å². The van der Waals surface area contributed by atoms with Crippen LogP contribution in [0.3, 0.4) is 0 Å². The maximum Gasteiger partial charge on any atom is 0.184 e. The van der Waals surface area contributed by atoms with Crippen molar-refractivity contribution in [2.45, 2.75) is 43.3 Å². The van der Waals surface area contributed by atoms with Crippen molar-refractivity contribution in [3.63, 3.8) is 0 Å². The van der Waals surface area contributed by atoms with Crippen LogP contribution in [0.25, 0.3) is 0 Å². The molecule has 1 aliphatic heterocycles. The van der Waals surface area contributed by atoms with E-state index in [1.165, 1.54) is 31.2 Å². The molecule has 0 unspecified atom stereocenters. The van der Waals surface area contributed by atoms with E-state index >= 15 is 0 Å². The predicted molar refractivity (Wildman–Crippen MR) is 73.7 cm³/mol. The second kappa shape index (κ2) is 4.59. The molecule has 3 heteroatoms. The normalized spacial score (nSPS) is 24.9. The van der Waals surface area contributed by atoms with Crippen molar-refractivity contribution in [3.05, 3.63) is 29.8 Å². The third kappa shape index (κ3) is 2.11. The maximum atomic E-state index is 5.72. The highest BCUT2D eigenvalue weighted by Crippen LogP contribution is 2.63. The SMILES string of the molecule is c1ccc(P(C2CC2)C2CC2)c(C2OCCO2)c1. The Hall–Kier alpha value is -0.430. The molecular weight excluding hydrogens is 243 g/mol. The first kappa shape index (κ1) is 11.4. The molecule has 2 aliphatic carbocycles. The highest BCUT2D eigenvalue weighted by Gasteiger charge is 2.43. The second-order valence-corrected chi connectivity index (χ2v) is 8.26. The zero-order chi connectivity index (χ0) is 11.9. The smallest absolute Gasteiger partial charge is 0.184 e. The van der Waals surface area contributed by atoms with E-state index in [0.29, 0.717) is 0 Å². The van der Waals surface area contributed by atoms with Gasteiger partial charge < -0.3 is 9.47 Å².